The van der Waals surface area contributed by atoms with E-state index in [9.17, 15) is 14.4 Å². The molecule has 0 aliphatic carbocycles. The number of aromatic nitrogens is 2. The van der Waals surface area contributed by atoms with Gasteiger partial charge in [-0.25, -0.2) is 9.55 Å². The van der Waals surface area contributed by atoms with Gasteiger partial charge in [0.2, 0.25) is 10.7 Å². The summed E-state index contributed by atoms with van der Waals surface area (Å²) in [6.07, 6.45) is 1.94. The fourth-order valence-electron chi connectivity index (χ4n) is 4.59. The van der Waals surface area contributed by atoms with Gasteiger partial charge in [-0.2, -0.15) is 0 Å². The highest BCUT2D eigenvalue weighted by Crippen LogP contribution is 2.37. The Labute approximate surface area is 211 Å². The number of amides is 2. The lowest BCUT2D eigenvalue weighted by atomic mass is 10.1. The maximum atomic E-state index is 13.1. The van der Waals surface area contributed by atoms with Crippen LogP contribution in [0.3, 0.4) is 0 Å². The molecule has 2 aromatic heterocycles. The summed E-state index contributed by atoms with van der Waals surface area (Å²) in [5.74, 6) is 1.33. The predicted molar refractivity (Wildman–Crippen MR) is 132 cm³/mol. The fourth-order valence-corrected chi connectivity index (χ4v) is 4.87. The van der Waals surface area contributed by atoms with E-state index in [1.165, 1.54) is 25.0 Å². The first kappa shape index (κ1) is 23.8. The minimum atomic E-state index is -0.613. The molecule has 4 heterocycles. The standard InChI is InChI=1S/C24H25N5O6S/c1-33-18-12-14-16(13-19(18)34-2)26-24(36)29-21(14)25-15(22(29)31)5-6-20(30)27-7-9-28(10-8-27)23(32)17-4-3-11-35-17/h3-4,11-13,15,25H,5-10H2,1-2H3/t15-/m0/s1. The zero-order valence-corrected chi connectivity index (χ0v) is 20.7. The molecule has 2 aliphatic rings. The van der Waals surface area contributed by atoms with Gasteiger partial charge in [0.05, 0.1) is 26.0 Å². The molecule has 2 amide bonds. The second kappa shape index (κ2) is 9.61. The van der Waals surface area contributed by atoms with Crippen LogP contribution in [-0.4, -0.2) is 83.5 Å². The highest BCUT2D eigenvalue weighted by atomic mass is 32.1. The van der Waals surface area contributed by atoms with Crippen molar-refractivity contribution in [2.45, 2.75) is 18.9 Å². The SMILES string of the molecule is COc1cc2nc(=S)n3c(c2cc1OC)N[C@@H](CCC(=O)N1CCN(C(=O)c2ccco2)CC1)C3=O. The van der Waals surface area contributed by atoms with E-state index in [4.69, 9.17) is 26.1 Å². The first-order chi connectivity index (χ1) is 17.4. The van der Waals surface area contributed by atoms with Crippen molar-refractivity contribution in [1.29, 1.82) is 0 Å². The molecule has 3 aromatic rings. The number of ether oxygens (including phenoxy) is 2. The van der Waals surface area contributed by atoms with E-state index in [1.807, 2.05) is 0 Å². The Bertz CT molecular complexity index is 1390. The van der Waals surface area contributed by atoms with Crippen LogP contribution in [-0.2, 0) is 4.79 Å². The van der Waals surface area contributed by atoms with Crippen LogP contribution in [0, 0.1) is 4.77 Å². The average Bonchev–Trinajstić information content (AvgIpc) is 3.55. The Hall–Kier alpha value is -3.93. The molecule has 11 nitrogen and oxygen atoms in total. The van der Waals surface area contributed by atoms with Crippen molar-refractivity contribution in [3.8, 4) is 11.5 Å². The lowest BCUT2D eigenvalue weighted by Gasteiger charge is -2.34. The molecular weight excluding hydrogens is 486 g/mol. The number of piperazine rings is 1. The lowest BCUT2D eigenvalue weighted by molar-refractivity contribution is -0.132. The molecule has 0 unspecified atom stereocenters. The van der Waals surface area contributed by atoms with Gasteiger partial charge in [-0.1, -0.05) is 0 Å². The van der Waals surface area contributed by atoms with Crippen molar-refractivity contribution in [3.63, 3.8) is 0 Å². The summed E-state index contributed by atoms with van der Waals surface area (Å²) in [7, 11) is 3.07. The normalized spacial score (nSPS) is 17.2. The van der Waals surface area contributed by atoms with Gasteiger partial charge in [-0.05, 0) is 36.8 Å². The van der Waals surface area contributed by atoms with Crippen molar-refractivity contribution in [1.82, 2.24) is 19.4 Å². The summed E-state index contributed by atoms with van der Waals surface area (Å²) in [5.41, 5.74) is 0.572. The van der Waals surface area contributed by atoms with Gasteiger partial charge in [0.15, 0.2) is 17.3 Å². The number of carbonyl (C=O) groups excluding carboxylic acids is 3. The molecule has 1 saturated heterocycles. The second-order valence-electron chi connectivity index (χ2n) is 8.53. The third-order valence-corrected chi connectivity index (χ3v) is 6.79. The van der Waals surface area contributed by atoms with Crippen LogP contribution >= 0.6 is 12.2 Å². The molecule has 0 radical (unpaired) electrons. The van der Waals surface area contributed by atoms with Gasteiger partial charge in [0, 0.05) is 44.1 Å². The van der Waals surface area contributed by atoms with Gasteiger partial charge in [0.25, 0.3) is 11.8 Å². The number of carbonyl (C=O) groups is 3. The molecular formula is C24H25N5O6S. The van der Waals surface area contributed by atoms with E-state index < -0.39 is 6.04 Å². The number of nitrogens with one attached hydrogen (secondary N) is 1. The molecule has 5 rings (SSSR count). The van der Waals surface area contributed by atoms with Crippen LogP contribution in [0.1, 0.15) is 28.2 Å². The number of methoxy groups -OCH3 is 2. The van der Waals surface area contributed by atoms with Gasteiger partial charge >= 0.3 is 0 Å². The minimum absolute atomic E-state index is 0.0661. The molecule has 1 aromatic carbocycles. The number of nitrogens with zero attached hydrogens (tertiary/aromatic N) is 4. The lowest BCUT2D eigenvalue weighted by Crippen LogP contribution is -2.50. The van der Waals surface area contributed by atoms with Gasteiger partial charge < -0.3 is 29.0 Å². The molecule has 2 aliphatic heterocycles. The number of fused-ring (bicyclic) bond motifs is 3. The number of hydrogen-bond donors (Lipinski definition) is 1. The predicted octanol–water partition coefficient (Wildman–Crippen LogP) is 2.58. The van der Waals surface area contributed by atoms with E-state index >= 15 is 0 Å². The number of hydrogen-bond acceptors (Lipinski definition) is 9. The van der Waals surface area contributed by atoms with E-state index in [2.05, 4.69) is 10.3 Å². The van der Waals surface area contributed by atoms with Crippen LogP contribution < -0.4 is 14.8 Å². The number of furan rings is 1. The van der Waals surface area contributed by atoms with E-state index in [0.29, 0.717) is 60.8 Å². The van der Waals surface area contributed by atoms with E-state index in [1.54, 1.807) is 34.1 Å². The minimum Gasteiger partial charge on any atom is -0.493 e. The van der Waals surface area contributed by atoms with Gasteiger partial charge in [-0.3, -0.25) is 14.4 Å². The molecule has 1 atom stereocenters. The van der Waals surface area contributed by atoms with Crippen LogP contribution in [0.2, 0.25) is 0 Å². The van der Waals surface area contributed by atoms with Crippen LogP contribution in [0.25, 0.3) is 10.9 Å². The van der Waals surface area contributed by atoms with Crippen molar-refractivity contribution in [3.05, 3.63) is 41.1 Å². The van der Waals surface area contributed by atoms with E-state index in [0.717, 1.165) is 0 Å². The summed E-state index contributed by atoms with van der Waals surface area (Å²) < 4.78 is 17.4. The topological polar surface area (TPSA) is 119 Å². The van der Waals surface area contributed by atoms with Crippen molar-refractivity contribution >= 4 is 46.7 Å². The molecule has 12 heteroatoms. The maximum Gasteiger partial charge on any atom is 0.289 e. The summed E-state index contributed by atoms with van der Waals surface area (Å²) >= 11 is 5.38. The quantitative estimate of drug-likeness (QED) is 0.498. The zero-order chi connectivity index (χ0) is 25.4. The fraction of sp³-hybridized carbons (Fsp3) is 0.375. The Morgan fingerprint density at radius 2 is 1.83 bits per heavy atom. The zero-order valence-electron chi connectivity index (χ0n) is 19.9. The Balaban J connectivity index is 1.24. The third kappa shape index (κ3) is 4.17. The molecule has 0 saturated carbocycles. The van der Waals surface area contributed by atoms with Crippen LogP contribution in [0.5, 0.6) is 11.5 Å². The average molecular weight is 512 g/mol. The van der Waals surface area contributed by atoms with Crippen molar-refractivity contribution in [2.24, 2.45) is 0 Å². The summed E-state index contributed by atoms with van der Waals surface area (Å²) in [4.78, 5) is 46.2. The second-order valence-corrected chi connectivity index (χ2v) is 8.89. The molecule has 36 heavy (non-hydrogen) atoms. The number of benzene rings is 1. The first-order valence-electron chi connectivity index (χ1n) is 11.5. The largest absolute Gasteiger partial charge is 0.493 e. The van der Waals surface area contributed by atoms with Gasteiger partial charge in [-0.15, -0.1) is 0 Å². The van der Waals surface area contributed by atoms with Crippen LogP contribution in [0.15, 0.2) is 34.9 Å². The van der Waals surface area contributed by atoms with E-state index in [-0.39, 0.29) is 34.7 Å². The summed E-state index contributed by atoms with van der Waals surface area (Å²) in [6.45, 7) is 1.71. The first-order valence-corrected chi connectivity index (χ1v) is 11.9. The van der Waals surface area contributed by atoms with Crippen molar-refractivity contribution in [2.75, 3.05) is 45.7 Å². The number of rotatable bonds is 6. The summed E-state index contributed by atoms with van der Waals surface area (Å²) in [6, 6.07) is 6.14. The summed E-state index contributed by atoms with van der Waals surface area (Å²) in [5, 5.41) is 3.90. The molecule has 1 N–H and O–H groups in total. The smallest absolute Gasteiger partial charge is 0.289 e. The van der Waals surface area contributed by atoms with Crippen LogP contribution in [0.4, 0.5) is 5.82 Å². The Morgan fingerprint density at radius 1 is 1.14 bits per heavy atom. The third-order valence-electron chi connectivity index (χ3n) is 6.52. The van der Waals surface area contributed by atoms with Crippen molar-refractivity contribution < 1.29 is 28.3 Å². The monoisotopic (exact) mass is 511 g/mol. The highest BCUT2D eigenvalue weighted by Gasteiger charge is 2.33. The molecule has 1 fully saturated rings. The maximum absolute atomic E-state index is 13.1. The molecule has 0 bridgehead atoms. The Morgan fingerprint density at radius 3 is 2.50 bits per heavy atom. The Kier molecular flexibility index (Phi) is 6.35. The highest BCUT2D eigenvalue weighted by molar-refractivity contribution is 7.71. The van der Waals surface area contributed by atoms with Gasteiger partial charge in [0.1, 0.15) is 11.9 Å². The molecule has 188 valence electrons. The molecule has 0 spiro atoms. The number of anilines is 1.